The van der Waals surface area contributed by atoms with Crippen molar-refractivity contribution in [2.45, 2.75) is 19.0 Å². The molecule has 1 aliphatic heterocycles. The third-order valence-corrected chi connectivity index (χ3v) is 7.62. The van der Waals surface area contributed by atoms with Crippen LogP contribution in [0.2, 0.25) is 5.02 Å². The van der Waals surface area contributed by atoms with Crippen LogP contribution in [0.25, 0.3) is 11.3 Å². The molecule has 1 aliphatic rings. The molecule has 0 amide bonds. The summed E-state index contributed by atoms with van der Waals surface area (Å²) in [6.07, 6.45) is 2.81. The fourth-order valence-electron chi connectivity index (χ4n) is 4.58. The maximum Gasteiger partial charge on any atom is 0.229 e. The molecule has 0 radical (unpaired) electrons. The van der Waals surface area contributed by atoms with Crippen molar-refractivity contribution >= 4 is 50.3 Å². The molecule has 2 atom stereocenters. The fourth-order valence-corrected chi connectivity index (χ4v) is 5.66. The standard InChI is InChI=1S/C27H25ClN4O4S2/c1-16-18(7-6-8-19(16)28)22-12-13-24(36-22)26-25(20-9-4-5-14-29-20)30-27(37)32(26)17-10-11-23(35-2)21(15-17)31-38(3,33)34/h4-15,25-26,31H,1-3H3,(H,30,37). The summed E-state index contributed by atoms with van der Waals surface area (Å²) >= 11 is 12.2. The Kier molecular flexibility index (Phi) is 7.04. The number of thiocarbonyl (C=S) groups is 1. The van der Waals surface area contributed by atoms with Crippen molar-refractivity contribution < 1.29 is 17.6 Å². The first kappa shape index (κ1) is 26.0. The predicted molar refractivity (Wildman–Crippen MR) is 153 cm³/mol. The average Bonchev–Trinajstić information content (AvgIpc) is 3.50. The summed E-state index contributed by atoms with van der Waals surface area (Å²) in [7, 11) is -2.08. The Hall–Kier alpha value is -3.60. The maximum atomic E-state index is 12.0. The van der Waals surface area contributed by atoms with E-state index in [1.807, 2.05) is 66.4 Å². The fraction of sp³-hybridized carbons (Fsp3) is 0.185. The van der Waals surface area contributed by atoms with E-state index < -0.39 is 16.1 Å². The lowest BCUT2D eigenvalue weighted by Crippen LogP contribution is -2.29. The molecule has 2 unspecified atom stereocenters. The van der Waals surface area contributed by atoms with Crippen molar-refractivity contribution in [3.8, 4) is 17.1 Å². The normalized spacial score (nSPS) is 17.4. The number of halogens is 1. The Labute approximate surface area is 231 Å². The van der Waals surface area contributed by atoms with E-state index in [9.17, 15) is 8.42 Å². The van der Waals surface area contributed by atoms with Gasteiger partial charge in [-0.3, -0.25) is 9.71 Å². The molecule has 3 heterocycles. The molecule has 4 aromatic rings. The van der Waals surface area contributed by atoms with E-state index in [1.165, 1.54) is 7.11 Å². The van der Waals surface area contributed by atoms with Crippen LogP contribution in [0.15, 0.2) is 77.3 Å². The highest BCUT2D eigenvalue weighted by atomic mass is 35.5. The van der Waals surface area contributed by atoms with Crippen molar-refractivity contribution in [3.63, 3.8) is 0 Å². The Morgan fingerprint density at radius 3 is 2.66 bits per heavy atom. The van der Waals surface area contributed by atoms with Gasteiger partial charge in [-0.1, -0.05) is 29.8 Å². The monoisotopic (exact) mass is 568 g/mol. The number of furan rings is 1. The molecular formula is C27H25ClN4O4S2. The zero-order valence-electron chi connectivity index (χ0n) is 20.8. The molecule has 8 nitrogen and oxygen atoms in total. The molecule has 2 aromatic carbocycles. The van der Waals surface area contributed by atoms with Gasteiger partial charge >= 0.3 is 0 Å². The minimum atomic E-state index is -3.55. The number of anilines is 2. The molecule has 0 aliphatic carbocycles. The van der Waals surface area contributed by atoms with Gasteiger partial charge in [-0.05, 0) is 73.2 Å². The van der Waals surface area contributed by atoms with Gasteiger partial charge in [0.15, 0.2) is 5.11 Å². The summed E-state index contributed by atoms with van der Waals surface area (Å²) in [5.41, 5.74) is 3.53. The first-order valence-corrected chi connectivity index (χ1v) is 14.4. The van der Waals surface area contributed by atoms with Crippen molar-refractivity contribution in [2.75, 3.05) is 23.0 Å². The Morgan fingerprint density at radius 2 is 1.95 bits per heavy atom. The number of benzene rings is 2. The van der Waals surface area contributed by atoms with E-state index >= 15 is 0 Å². The molecule has 2 N–H and O–H groups in total. The molecule has 11 heteroatoms. The Balaban J connectivity index is 1.63. The molecule has 2 aromatic heterocycles. The van der Waals surface area contributed by atoms with Crippen LogP contribution in [-0.2, 0) is 10.0 Å². The van der Waals surface area contributed by atoms with Crippen LogP contribution in [0.4, 0.5) is 11.4 Å². The summed E-state index contributed by atoms with van der Waals surface area (Å²) in [5, 5.41) is 4.47. The number of ether oxygens (including phenoxy) is 1. The number of aromatic nitrogens is 1. The van der Waals surface area contributed by atoms with Crippen LogP contribution in [0.3, 0.4) is 0 Å². The highest BCUT2D eigenvalue weighted by Crippen LogP contribution is 2.44. The summed E-state index contributed by atoms with van der Waals surface area (Å²) in [6.45, 7) is 1.95. The van der Waals surface area contributed by atoms with E-state index in [-0.39, 0.29) is 6.04 Å². The minimum absolute atomic E-state index is 0.296. The number of hydrogen-bond acceptors (Lipinski definition) is 6. The molecule has 0 saturated carbocycles. The maximum absolute atomic E-state index is 12.0. The van der Waals surface area contributed by atoms with Gasteiger partial charge in [0, 0.05) is 22.5 Å². The van der Waals surface area contributed by atoms with Crippen LogP contribution in [0.5, 0.6) is 5.75 Å². The Bertz CT molecular complexity index is 1610. The topological polar surface area (TPSA) is 96.7 Å². The SMILES string of the molecule is COc1ccc(N2C(=S)NC(c3ccccn3)C2c2ccc(-c3cccc(Cl)c3C)o2)cc1NS(C)(=O)=O. The zero-order valence-corrected chi connectivity index (χ0v) is 23.2. The second-order valence-corrected chi connectivity index (χ2v) is 11.4. The quantitative estimate of drug-likeness (QED) is 0.268. The van der Waals surface area contributed by atoms with Crippen LogP contribution in [-0.4, -0.2) is 31.9 Å². The minimum Gasteiger partial charge on any atom is -0.495 e. The number of pyridine rings is 1. The third kappa shape index (κ3) is 5.07. The lowest BCUT2D eigenvalue weighted by Gasteiger charge is -2.27. The van der Waals surface area contributed by atoms with E-state index in [4.69, 9.17) is 33.0 Å². The molecule has 38 heavy (non-hydrogen) atoms. The highest BCUT2D eigenvalue weighted by molar-refractivity contribution is 7.92. The van der Waals surface area contributed by atoms with Crippen molar-refractivity contribution in [3.05, 3.63) is 95.0 Å². The molecule has 0 spiro atoms. The lowest BCUT2D eigenvalue weighted by atomic mass is 10.0. The zero-order chi connectivity index (χ0) is 27.0. The van der Waals surface area contributed by atoms with Gasteiger partial charge in [0.2, 0.25) is 10.0 Å². The van der Waals surface area contributed by atoms with Gasteiger partial charge in [-0.2, -0.15) is 0 Å². The predicted octanol–water partition coefficient (Wildman–Crippen LogP) is 5.86. The van der Waals surface area contributed by atoms with Gasteiger partial charge in [-0.15, -0.1) is 0 Å². The second kappa shape index (κ2) is 10.3. The van der Waals surface area contributed by atoms with Crippen LogP contribution in [0.1, 0.15) is 29.1 Å². The smallest absolute Gasteiger partial charge is 0.229 e. The molecule has 1 fully saturated rings. The molecular weight excluding hydrogens is 544 g/mol. The molecule has 5 rings (SSSR count). The van der Waals surface area contributed by atoms with Gasteiger partial charge in [0.25, 0.3) is 0 Å². The van der Waals surface area contributed by atoms with Crippen LogP contribution < -0.4 is 19.7 Å². The van der Waals surface area contributed by atoms with Crippen molar-refractivity contribution in [2.24, 2.45) is 0 Å². The van der Waals surface area contributed by atoms with E-state index in [0.29, 0.717) is 38.8 Å². The largest absolute Gasteiger partial charge is 0.495 e. The summed E-state index contributed by atoms with van der Waals surface area (Å²) in [5.74, 6) is 1.70. The van der Waals surface area contributed by atoms with Gasteiger partial charge in [0.1, 0.15) is 23.3 Å². The van der Waals surface area contributed by atoms with Gasteiger partial charge < -0.3 is 19.4 Å². The highest BCUT2D eigenvalue weighted by Gasteiger charge is 2.43. The Morgan fingerprint density at radius 1 is 1.13 bits per heavy atom. The van der Waals surface area contributed by atoms with Crippen LogP contribution >= 0.6 is 23.8 Å². The number of sulfonamides is 1. The van der Waals surface area contributed by atoms with Gasteiger partial charge in [0.05, 0.1) is 30.8 Å². The summed E-state index contributed by atoms with van der Waals surface area (Å²) in [4.78, 5) is 6.46. The molecule has 196 valence electrons. The average molecular weight is 569 g/mol. The number of methoxy groups -OCH3 is 1. The van der Waals surface area contributed by atoms with Crippen molar-refractivity contribution in [1.29, 1.82) is 0 Å². The van der Waals surface area contributed by atoms with Crippen molar-refractivity contribution in [1.82, 2.24) is 10.3 Å². The summed E-state index contributed by atoms with van der Waals surface area (Å²) in [6, 6.07) is 19.6. The second-order valence-electron chi connectivity index (χ2n) is 8.87. The molecule has 0 bridgehead atoms. The van der Waals surface area contributed by atoms with E-state index in [1.54, 1.807) is 18.3 Å². The number of nitrogens with zero attached hydrogens (tertiary/aromatic N) is 2. The number of hydrogen-bond donors (Lipinski definition) is 2. The van der Waals surface area contributed by atoms with E-state index in [2.05, 4.69) is 15.0 Å². The van der Waals surface area contributed by atoms with E-state index in [0.717, 1.165) is 23.1 Å². The number of nitrogens with one attached hydrogen (secondary N) is 2. The lowest BCUT2D eigenvalue weighted by molar-refractivity contribution is 0.416. The first-order chi connectivity index (χ1) is 18.2. The first-order valence-electron chi connectivity index (χ1n) is 11.7. The van der Waals surface area contributed by atoms with Gasteiger partial charge in [-0.25, -0.2) is 8.42 Å². The van der Waals surface area contributed by atoms with Crippen LogP contribution in [0, 0.1) is 6.92 Å². The number of rotatable bonds is 7. The molecule has 1 saturated heterocycles. The summed E-state index contributed by atoms with van der Waals surface area (Å²) < 4.78 is 38.4. The third-order valence-electron chi connectivity index (χ3n) is 6.31.